The lowest BCUT2D eigenvalue weighted by Gasteiger charge is -2.11. The standard InChI is InChI=1S/C12H14N4O/c1-2-17-10-6-4-3-5-9(10)16-12-8-14-11(13)7-15-12/h3-8H,2H2,1H3,(H2,13,14)(H,15,16). The largest absolute Gasteiger partial charge is 0.492 e. The van der Waals surface area contributed by atoms with E-state index in [1.165, 1.54) is 6.20 Å². The minimum absolute atomic E-state index is 0.397. The van der Waals surface area contributed by atoms with Gasteiger partial charge < -0.3 is 15.8 Å². The van der Waals surface area contributed by atoms with Crippen molar-refractivity contribution in [2.45, 2.75) is 6.92 Å². The average molecular weight is 230 g/mol. The van der Waals surface area contributed by atoms with E-state index in [2.05, 4.69) is 15.3 Å². The Morgan fingerprint density at radius 2 is 2.06 bits per heavy atom. The van der Waals surface area contributed by atoms with Crippen LogP contribution in [-0.2, 0) is 0 Å². The van der Waals surface area contributed by atoms with Crippen LogP contribution in [0.2, 0.25) is 0 Å². The zero-order valence-electron chi connectivity index (χ0n) is 9.55. The van der Waals surface area contributed by atoms with Crippen LogP contribution in [0.4, 0.5) is 17.3 Å². The fraction of sp³-hybridized carbons (Fsp3) is 0.167. The van der Waals surface area contributed by atoms with Gasteiger partial charge in [0.2, 0.25) is 0 Å². The molecule has 0 spiro atoms. The van der Waals surface area contributed by atoms with Crippen molar-refractivity contribution in [1.82, 2.24) is 9.97 Å². The molecule has 0 radical (unpaired) electrons. The first-order chi connectivity index (χ1) is 8.29. The van der Waals surface area contributed by atoms with E-state index in [9.17, 15) is 0 Å². The number of hydrogen-bond acceptors (Lipinski definition) is 5. The lowest BCUT2D eigenvalue weighted by Crippen LogP contribution is -2.00. The maximum atomic E-state index is 5.50. The van der Waals surface area contributed by atoms with Gasteiger partial charge in [0, 0.05) is 0 Å². The van der Waals surface area contributed by atoms with Crippen molar-refractivity contribution in [3.63, 3.8) is 0 Å². The highest BCUT2D eigenvalue weighted by Crippen LogP contribution is 2.26. The van der Waals surface area contributed by atoms with Gasteiger partial charge in [-0.05, 0) is 19.1 Å². The minimum atomic E-state index is 0.397. The van der Waals surface area contributed by atoms with Crippen molar-refractivity contribution in [2.75, 3.05) is 17.7 Å². The summed E-state index contributed by atoms with van der Waals surface area (Å²) in [5, 5.41) is 3.13. The van der Waals surface area contributed by atoms with Crippen LogP contribution < -0.4 is 15.8 Å². The maximum absolute atomic E-state index is 5.50. The molecule has 0 atom stereocenters. The van der Waals surface area contributed by atoms with Crippen molar-refractivity contribution in [3.8, 4) is 5.75 Å². The van der Waals surface area contributed by atoms with Gasteiger partial charge in [0.05, 0.1) is 24.7 Å². The lowest BCUT2D eigenvalue weighted by molar-refractivity contribution is 0.342. The quantitative estimate of drug-likeness (QED) is 0.842. The van der Waals surface area contributed by atoms with Gasteiger partial charge in [-0.25, -0.2) is 9.97 Å². The number of ether oxygens (including phenoxy) is 1. The van der Waals surface area contributed by atoms with Crippen LogP contribution in [0.1, 0.15) is 6.92 Å². The minimum Gasteiger partial charge on any atom is -0.492 e. The lowest BCUT2D eigenvalue weighted by atomic mass is 10.3. The van der Waals surface area contributed by atoms with Gasteiger partial charge in [-0.15, -0.1) is 0 Å². The zero-order valence-corrected chi connectivity index (χ0v) is 9.55. The van der Waals surface area contributed by atoms with E-state index in [4.69, 9.17) is 10.5 Å². The number of nitrogens with zero attached hydrogens (tertiary/aromatic N) is 2. The van der Waals surface area contributed by atoms with E-state index in [0.717, 1.165) is 11.4 Å². The monoisotopic (exact) mass is 230 g/mol. The van der Waals surface area contributed by atoms with Crippen molar-refractivity contribution in [2.24, 2.45) is 0 Å². The fourth-order valence-electron chi connectivity index (χ4n) is 1.39. The Labute approximate surface area is 99.7 Å². The first-order valence-electron chi connectivity index (χ1n) is 5.36. The number of benzene rings is 1. The number of hydrogen-bond donors (Lipinski definition) is 2. The molecule has 1 heterocycles. The van der Waals surface area contributed by atoms with Crippen LogP contribution in [0, 0.1) is 0 Å². The molecule has 1 aromatic heterocycles. The highest BCUT2D eigenvalue weighted by Gasteiger charge is 2.03. The molecule has 17 heavy (non-hydrogen) atoms. The summed E-state index contributed by atoms with van der Waals surface area (Å²) < 4.78 is 5.50. The van der Waals surface area contributed by atoms with E-state index in [1.807, 2.05) is 31.2 Å². The molecule has 0 saturated heterocycles. The Morgan fingerprint density at radius 3 is 2.76 bits per heavy atom. The maximum Gasteiger partial charge on any atom is 0.149 e. The molecule has 0 amide bonds. The summed E-state index contributed by atoms with van der Waals surface area (Å²) in [6.45, 7) is 2.56. The van der Waals surface area contributed by atoms with Crippen LogP contribution >= 0.6 is 0 Å². The second kappa shape index (κ2) is 5.16. The fourth-order valence-corrected chi connectivity index (χ4v) is 1.39. The van der Waals surface area contributed by atoms with E-state index < -0.39 is 0 Å². The summed E-state index contributed by atoms with van der Waals surface area (Å²) in [4.78, 5) is 8.08. The van der Waals surface area contributed by atoms with Gasteiger partial charge >= 0.3 is 0 Å². The molecule has 0 saturated carbocycles. The molecule has 0 aliphatic rings. The summed E-state index contributed by atoms with van der Waals surface area (Å²) in [5.74, 6) is 1.81. The summed E-state index contributed by atoms with van der Waals surface area (Å²) in [6, 6.07) is 7.67. The second-order valence-electron chi connectivity index (χ2n) is 3.38. The number of nitrogens with one attached hydrogen (secondary N) is 1. The van der Waals surface area contributed by atoms with E-state index in [0.29, 0.717) is 18.2 Å². The third kappa shape index (κ3) is 2.84. The smallest absolute Gasteiger partial charge is 0.149 e. The Kier molecular flexibility index (Phi) is 3.40. The summed E-state index contributed by atoms with van der Waals surface area (Å²) in [5.41, 5.74) is 6.33. The van der Waals surface area contributed by atoms with Crippen molar-refractivity contribution in [1.29, 1.82) is 0 Å². The summed E-state index contributed by atoms with van der Waals surface area (Å²) in [6.07, 6.45) is 3.09. The van der Waals surface area contributed by atoms with E-state index >= 15 is 0 Å². The van der Waals surface area contributed by atoms with Crippen LogP contribution in [0.15, 0.2) is 36.7 Å². The molecule has 5 nitrogen and oxygen atoms in total. The van der Waals surface area contributed by atoms with Gasteiger partial charge in [0.25, 0.3) is 0 Å². The predicted octanol–water partition coefficient (Wildman–Crippen LogP) is 2.20. The molecule has 0 bridgehead atoms. The first kappa shape index (κ1) is 11.2. The van der Waals surface area contributed by atoms with Gasteiger partial charge in [0.15, 0.2) is 0 Å². The van der Waals surface area contributed by atoms with Crippen molar-refractivity contribution >= 4 is 17.3 Å². The van der Waals surface area contributed by atoms with Gasteiger partial charge in [-0.1, -0.05) is 12.1 Å². The highest BCUT2D eigenvalue weighted by atomic mass is 16.5. The molecule has 3 N–H and O–H groups in total. The number of nitrogen functional groups attached to an aromatic ring is 1. The van der Waals surface area contributed by atoms with Gasteiger partial charge in [-0.3, -0.25) is 0 Å². The van der Waals surface area contributed by atoms with Crippen molar-refractivity contribution in [3.05, 3.63) is 36.7 Å². The number of nitrogens with two attached hydrogens (primary N) is 1. The third-order valence-corrected chi connectivity index (χ3v) is 2.12. The van der Waals surface area contributed by atoms with Gasteiger partial charge in [-0.2, -0.15) is 0 Å². The third-order valence-electron chi connectivity index (χ3n) is 2.12. The van der Waals surface area contributed by atoms with Crippen LogP contribution in [-0.4, -0.2) is 16.6 Å². The van der Waals surface area contributed by atoms with E-state index in [1.54, 1.807) is 6.20 Å². The molecule has 2 aromatic rings. The zero-order chi connectivity index (χ0) is 12.1. The first-order valence-corrected chi connectivity index (χ1v) is 5.36. The summed E-state index contributed by atoms with van der Waals surface area (Å²) >= 11 is 0. The Bertz CT molecular complexity index is 484. The number of para-hydroxylation sites is 2. The molecule has 0 fully saturated rings. The molecule has 0 aliphatic heterocycles. The molecular weight excluding hydrogens is 216 g/mol. The molecule has 2 rings (SSSR count). The number of aromatic nitrogens is 2. The summed E-state index contributed by atoms with van der Waals surface area (Å²) in [7, 11) is 0. The normalized spacial score (nSPS) is 9.94. The molecule has 1 aromatic carbocycles. The van der Waals surface area contributed by atoms with Crippen molar-refractivity contribution < 1.29 is 4.74 Å². The molecule has 5 heteroatoms. The average Bonchev–Trinajstić information content (AvgIpc) is 2.35. The topological polar surface area (TPSA) is 73.1 Å². The van der Waals surface area contributed by atoms with Crippen LogP contribution in [0.5, 0.6) is 5.75 Å². The molecule has 88 valence electrons. The SMILES string of the molecule is CCOc1ccccc1Nc1cnc(N)cn1. The Balaban J connectivity index is 2.20. The molecule has 0 aliphatic carbocycles. The second-order valence-corrected chi connectivity index (χ2v) is 3.38. The van der Waals surface area contributed by atoms with Crippen LogP contribution in [0.3, 0.4) is 0 Å². The van der Waals surface area contributed by atoms with Gasteiger partial charge in [0.1, 0.15) is 17.4 Å². The highest BCUT2D eigenvalue weighted by molar-refractivity contribution is 5.63. The molecular formula is C12H14N4O. The molecule has 0 unspecified atom stereocenters. The predicted molar refractivity (Wildman–Crippen MR) is 67.3 cm³/mol. The number of rotatable bonds is 4. The Morgan fingerprint density at radius 1 is 1.24 bits per heavy atom. The van der Waals surface area contributed by atoms with E-state index in [-0.39, 0.29) is 0 Å². The van der Waals surface area contributed by atoms with Crippen LogP contribution in [0.25, 0.3) is 0 Å². The Hall–Kier alpha value is -2.30. The number of anilines is 3.